The molecule has 0 heteroatoms. The van der Waals surface area contributed by atoms with Gasteiger partial charge in [-0.15, -0.1) is 0 Å². The van der Waals surface area contributed by atoms with E-state index in [-0.39, 0.29) is 0 Å². The van der Waals surface area contributed by atoms with Crippen molar-refractivity contribution in [3.8, 4) is 0 Å². The molecule has 0 saturated heterocycles. The molecule has 1 aliphatic carbocycles. The van der Waals surface area contributed by atoms with E-state index in [1.807, 2.05) is 0 Å². The molecule has 1 unspecified atom stereocenters. The van der Waals surface area contributed by atoms with E-state index in [4.69, 9.17) is 0 Å². The summed E-state index contributed by atoms with van der Waals surface area (Å²) in [5.41, 5.74) is 2.16. The summed E-state index contributed by atoms with van der Waals surface area (Å²) < 4.78 is 0. The zero-order valence-corrected chi connectivity index (χ0v) is 6.86. The van der Waals surface area contributed by atoms with Crippen molar-refractivity contribution in [3.05, 3.63) is 11.6 Å². The number of rotatable bonds is 2. The molecule has 0 saturated carbocycles. The lowest BCUT2D eigenvalue weighted by Crippen LogP contribution is -2.07. The fourth-order valence-electron chi connectivity index (χ4n) is 1.35. The Hall–Kier alpha value is -0.260. The van der Waals surface area contributed by atoms with Crippen LogP contribution in [-0.4, -0.2) is 0 Å². The summed E-state index contributed by atoms with van der Waals surface area (Å²) in [6.07, 6.45) is 3.65. The average molecular weight is 124 g/mol. The molecule has 0 spiro atoms. The zero-order valence-electron chi connectivity index (χ0n) is 6.86. The molecule has 0 N–H and O–H groups in total. The van der Waals surface area contributed by atoms with Crippen LogP contribution in [0.4, 0.5) is 0 Å². The van der Waals surface area contributed by atoms with E-state index in [9.17, 15) is 0 Å². The van der Waals surface area contributed by atoms with Crippen LogP contribution in [0.25, 0.3) is 0 Å². The van der Waals surface area contributed by atoms with E-state index in [1.165, 1.54) is 6.42 Å². The van der Waals surface area contributed by atoms with E-state index < -0.39 is 0 Å². The average Bonchev–Trinajstić information content (AvgIpc) is 2.44. The Morgan fingerprint density at radius 2 is 2.11 bits per heavy atom. The van der Waals surface area contributed by atoms with Crippen molar-refractivity contribution in [3.63, 3.8) is 0 Å². The van der Waals surface area contributed by atoms with Crippen molar-refractivity contribution in [1.29, 1.82) is 0 Å². The summed E-state index contributed by atoms with van der Waals surface area (Å²) in [7, 11) is 0. The molecule has 0 fully saturated rings. The molecule has 0 heterocycles. The lowest BCUT2D eigenvalue weighted by Gasteiger charge is -2.15. The van der Waals surface area contributed by atoms with Crippen molar-refractivity contribution in [2.45, 2.75) is 34.1 Å². The normalized spacial score (nSPS) is 32.8. The Labute approximate surface area is 58.0 Å². The van der Waals surface area contributed by atoms with Crippen molar-refractivity contribution in [2.24, 2.45) is 11.3 Å². The Morgan fingerprint density at radius 1 is 1.56 bits per heavy atom. The summed E-state index contributed by atoms with van der Waals surface area (Å²) in [5.74, 6) is 0.799. The molecule has 0 aromatic carbocycles. The van der Waals surface area contributed by atoms with Gasteiger partial charge in [-0.2, -0.15) is 0 Å². The molecule has 0 aromatic rings. The second-order valence-corrected chi connectivity index (χ2v) is 3.46. The van der Waals surface area contributed by atoms with Crippen LogP contribution in [0.3, 0.4) is 0 Å². The molecule has 0 aromatic heterocycles. The van der Waals surface area contributed by atoms with Crippen LogP contribution in [0.5, 0.6) is 0 Å². The molecule has 0 radical (unpaired) electrons. The van der Waals surface area contributed by atoms with Gasteiger partial charge in [0, 0.05) is 5.41 Å². The topological polar surface area (TPSA) is 0 Å². The van der Waals surface area contributed by atoms with Crippen molar-refractivity contribution in [2.75, 3.05) is 0 Å². The Morgan fingerprint density at radius 3 is 2.22 bits per heavy atom. The van der Waals surface area contributed by atoms with E-state index in [0.29, 0.717) is 5.41 Å². The summed E-state index contributed by atoms with van der Waals surface area (Å²) in [5, 5.41) is 0. The zero-order chi connectivity index (χ0) is 7.07. The van der Waals surface area contributed by atoms with Crippen LogP contribution in [0.15, 0.2) is 11.6 Å². The maximum atomic E-state index is 2.40. The van der Waals surface area contributed by atoms with E-state index in [0.717, 1.165) is 5.92 Å². The van der Waals surface area contributed by atoms with E-state index >= 15 is 0 Å². The fourth-order valence-corrected chi connectivity index (χ4v) is 1.35. The number of allylic oxidation sites excluding steroid dienone is 2. The second kappa shape index (κ2) is 1.86. The van der Waals surface area contributed by atoms with Gasteiger partial charge in [-0.05, 0) is 12.3 Å². The van der Waals surface area contributed by atoms with Gasteiger partial charge in [-0.3, -0.25) is 0 Å². The van der Waals surface area contributed by atoms with Gasteiger partial charge in [-0.25, -0.2) is 0 Å². The van der Waals surface area contributed by atoms with Gasteiger partial charge >= 0.3 is 0 Å². The minimum Gasteiger partial charge on any atom is -0.0742 e. The number of hydrogen-bond donors (Lipinski definition) is 0. The molecule has 52 valence electrons. The molecule has 1 atom stereocenters. The van der Waals surface area contributed by atoms with Gasteiger partial charge in [0.15, 0.2) is 0 Å². The highest BCUT2D eigenvalue weighted by Crippen LogP contribution is 2.51. The third-order valence-electron chi connectivity index (χ3n) is 2.66. The Balaban J connectivity index is 2.47. The van der Waals surface area contributed by atoms with Crippen molar-refractivity contribution >= 4 is 0 Å². The smallest absolute Gasteiger partial charge is 0.00886 e. The highest BCUT2D eigenvalue weighted by Gasteiger charge is 2.39. The van der Waals surface area contributed by atoms with E-state index in [1.54, 1.807) is 5.57 Å². The van der Waals surface area contributed by atoms with Gasteiger partial charge in [0.1, 0.15) is 0 Å². The second-order valence-electron chi connectivity index (χ2n) is 3.46. The molecule has 0 amide bonds. The first-order valence-corrected chi connectivity index (χ1v) is 3.83. The monoisotopic (exact) mass is 124 g/mol. The maximum absolute atomic E-state index is 2.40. The van der Waals surface area contributed by atoms with Crippen molar-refractivity contribution in [1.82, 2.24) is 0 Å². The Bertz CT molecular complexity index is 142. The minimum atomic E-state index is 0.509. The van der Waals surface area contributed by atoms with Gasteiger partial charge < -0.3 is 0 Å². The molecule has 0 bridgehead atoms. The molecule has 0 nitrogen and oxygen atoms in total. The largest absolute Gasteiger partial charge is 0.0742 e. The van der Waals surface area contributed by atoms with E-state index in [2.05, 4.69) is 33.8 Å². The molecule has 9 heavy (non-hydrogen) atoms. The van der Waals surface area contributed by atoms with Gasteiger partial charge in [0.25, 0.3) is 0 Å². The highest BCUT2D eigenvalue weighted by molar-refractivity contribution is 5.37. The van der Waals surface area contributed by atoms with Gasteiger partial charge in [0.05, 0.1) is 0 Å². The van der Waals surface area contributed by atoms with Crippen LogP contribution in [0.1, 0.15) is 34.1 Å². The standard InChI is InChI=1S/C9H16/c1-5-8-6-9(8,4)7(2)3/h6-7H,5H2,1-4H3. The fraction of sp³-hybridized carbons (Fsp3) is 0.778. The third-order valence-corrected chi connectivity index (χ3v) is 2.66. The minimum absolute atomic E-state index is 0.509. The van der Waals surface area contributed by atoms with Crippen LogP contribution < -0.4 is 0 Å². The first-order chi connectivity index (χ1) is 4.11. The van der Waals surface area contributed by atoms with Gasteiger partial charge in [-0.1, -0.05) is 39.3 Å². The Kier molecular flexibility index (Phi) is 1.42. The predicted octanol–water partition coefficient (Wildman–Crippen LogP) is 3.00. The molecule has 1 aliphatic rings. The van der Waals surface area contributed by atoms with Crippen LogP contribution in [-0.2, 0) is 0 Å². The first kappa shape index (κ1) is 6.85. The van der Waals surface area contributed by atoms with Crippen LogP contribution >= 0.6 is 0 Å². The van der Waals surface area contributed by atoms with Crippen LogP contribution in [0, 0.1) is 11.3 Å². The quantitative estimate of drug-likeness (QED) is 0.496. The SMILES string of the molecule is CCC1=CC1(C)C(C)C. The van der Waals surface area contributed by atoms with Crippen molar-refractivity contribution < 1.29 is 0 Å². The third kappa shape index (κ3) is 0.910. The maximum Gasteiger partial charge on any atom is 0.00886 e. The molecular formula is C9H16. The summed E-state index contributed by atoms with van der Waals surface area (Å²) in [6, 6.07) is 0. The molecule has 0 aliphatic heterocycles. The summed E-state index contributed by atoms with van der Waals surface area (Å²) in [4.78, 5) is 0. The lowest BCUT2D eigenvalue weighted by atomic mass is 9.88. The van der Waals surface area contributed by atoms with Crippen LogP contribution in [0.2, 0.25) is 0 Å². The molecule has 1 rings (SSSR count). The summed E-state index contributed by atoms with van der Waals surface area (Å²) >= 11 is 0. The number of hydrogen-bond acceptors (Lipinski definition) is 0. The molecular weight excluding hydrogens is 108 g/mol. The first-order valence-electron chi connectivity index (χ1n) is 3.83. The summed E-state index contributed by atoms with van der Waals surface area (Å²) in [6.45, 7) is 9.15. The highest BCUT2D eigenvalue weighted by atomic mass is 14.4. The lowest BCUT2D eigenvalue weighted by molar-refractivity contribution is 0.422. The van der Waals surface area contributed by atoms with Gasteiger partial charge in [0.2, 0.25) is 0 Å². The predicted molar refractivity (Wildman–Crippen MR) is 41.3 cm³/mol.